The number of sulfone groups is 1. The number of benzene rings is 3. The van der Waals surface area contributed by atoms with Crippen LogP contribution in [0.15, 0.2) is 71.6 Å². The highest BCUT2D eigenvalue weighted by atomic mass is 32.2. The molecule has 50 heavy (non-hydrogen) atoms. The van der Waals surface area contributed by atoms with E-state index in [0.29, 0.717) is 43.7 Å². The van der Waals surface area contributed by atoms with Gasteiger partial charge in [-0.1, -0.05) is 30.3 Å². The Morgan fingerprint density at radius 3 is 2.02 bits per heavy atom. The summed E-state index contributed by atoms with van der Waals surface area (Å²) in [6.07, 6.45) is -12.7. The van der Waals surface area contributed by atoms with Gasteiger partial charge in [-0.3, -0.25) is 9.80 Å². The molecular weight excluding hydrogens is 707 g/mol. The minimum absolute atomic E-state index is 0.0734. The summed E-state index contributed by atoms with van der Waals surface area (Å²) >= 11 is 0. The van der Waals surface area contributed by atoms with E-state index in [1.54, 1.807) is 4.90 Å². The summed E-state index contributed by atoms with van der Waals surface area (Å²) < 4.78 is 160. The maximum atomic E-state index is 14.5. The van der Waals surface area contributed by atoms with Gasteiger partial charge in [0, 0.05) is 43.9 Å². The number of hydrogen-bond donors (Lipinski definition) is 2. The molecule has 0 aromatic heterocycles. The van der Waals surface area contributed by atoms with E-state index < -0.39 is 80.6 Å². The molecule has 3 aromatic carbocycles. The summed E-state index contributed by atoms with van der Waals surface area (Å²) in [5.74, 6) is -3.78. The Morgan fingerprint density at radius 1 is 0.860 bits per heavy atom. The third-order valence-corrected chi connectivity index (χ3v) is 12.0. The summed E-state index contributed by atoms with van der Waals surface area (Å²) in [7, 11) is -4.58. The first-order valence-electron chi connectivity index (χ1n) is 15.5. The van der Waals surface area contributed by atoms with Crippen LogP contribution in [0.1, 0.15) is 36.0 Å². The maximum absolute atomic E-state index is 14.5. The monoisotopic (exact) mass is 740 g/mol. The van der Waals surface area contributed by atoms with Crippen molar-refractivity contribution in [3.63, 3.8) is 0 Å². The van der Waals surface area contributed by atoms with Crippen molar-refractivity contribution in [1.82, 2.24) is 9.80 Å². The van der Waals surface area contributed by atoms with Crippen molar-refractivity contribution >= 4 is 9.84 Å². The molecule has 2 heterocycles. The van der Waals surface area contributed by atoms with E-state index in [9.17, 15) is 58.1 Å². The lowest BCUT2D eigenvalue weighted by Gasteiger charge is -2.40. The second kappa shape index (κ2) is 14.1. The van der Waals surface area contributed by atoms with Gasteiger partial charge in [0.2, 0.25) is 0 Å². The Morgan fingerprint density at radius 2 is 1.46 bits per heavy atom. The van der Waals surface area contributed by atoms with Gasteiger partial charge < -0.3 is 14.9 Å². The zero-order chi connectivity index (χ0) is 36.7. The van der Waals surface area contributed by atoms with Gasteiger partial charge in [0.25, 0.3) is 5.60 Å². The van der Waals surface area contributed by atoms with Crippen molar-refractivity contribution in [1.29, 1.82) is 0 Å². The fourth-order valence-corrected chi connectivity index (χ4v) is 8.83. The van der Waals surface area contributed by atoms with Crippen LogP contribution in [0.3, 0.4) is 0 Å². The van der Waals surface area contributed by atoms with Gasteiger partial charge in [0.15, 0.2) is 16.2 Å². The molecule has 2 saturated heterocycles. The fraction of sp³-hybridized carbons (Fsp3) is 0.455. The van der Waals surface area contributed by atoms with Crippen molar-refractivity contribution in [3.05, 3.63) is 101 Å². The average Bonchev–Trinajstić information content (AvgIpc) is 3.52. The molecule has 17 heteroatoms. The number of aliphatic hydroxyl groups excluding tert-OH is 2. The van der Waals surface area contributed by atoms with E-state index in [1.165, 1.54) is 4.90 Å². The Bertz CT molecular complexity index is 1720. The number of rotatable bonds is 10. The van der Waals surface area contributed by atoms with Crippen LogP contribution < -0.4 is 0 Å². The van der Waals surface area contributed by atoms with Crippen LogP contribution in [0.2, 0.25) is 0 Å². The van der Waals surface area contributed by atoms with E-state index in [2.05, 4.69) is 4.74 Å². The van der Waals surface area contributed by atoms with E-state index in [-0.39, 0.29) is 42.5 Å². The number of piperidine rings is 1. The second-order valence-corrected chi connectivity index (χ2v) is 14.7. The Hall–Kier alpha value is -3.22. The van der Waals surface area contributed by atoms with E-state index in [0.717, 1.165) is 42.5 Å². The number of halogens is 9. The quantitative estimate of drug-likeness (QED) is 0.195. The molecule has 0 aliphatic carbocycles. The number of hydrogen-bond acceptors (Lipinski definition) is 7. The second-order valence-electron chi connectivity index (χ2n) is 12.4. The standard InChI is InChI=1S/C33H33F9N2O5S/c34-24-10-12-25(13-11-24)50(47,48)30(14-16-44(20-30)29(46)43-15-2-3-21(17-43)18-45)22-6-8-23(9-7-22)31(32(37,38)39,33(40,41)42)49-19-26-27(35)4-1-5-28(26)36/h1,4-13,21,29,45-46H,2-3,14-20H2. The summed E-state index contributed by atoms with van der Waals surface area (Å²) in [6, 6.07) is 8.19. The molecule has 274 valence electrons. The van der Waals surface area contributed by atoms with Crippen LogP contribution in [0.5, 0.6) is 0 Å². The minimum atomic E-state index is -6.22. The molecule has 3 aromatic rings. The third-order valence-electron chi connectivity index (χ3n) is 9.47. The highest BCUT2D eigenvalue weighted by molar-refractivity contribution is 7.92. The van der Waals surface area contributed by atoms with Crippen LogP contribution >= 0.6 is 0 Å². The molecule has 0 spiro atoms. The lowest BCUT2D eigenvalue weighted by atomic mass is 9.88. The normalized spacial score (nSPS) is 22.2. The van der Waals surface area contributed by atoms with Gasteiger partial charge in [-0.15, -0.1) is 0 Å². The largest absolute Gasteiger partial charge is 0.430 e. The molecule has 2 aliphatic rings. The summed E-state index contributed by atoms with van der Waals surface area (Å²) in [5, 5.41) is 20.9. The average molecular weight is 741 g/mol. The number of alkyl halides is 6. The lowest BCUT2D eigenvalue weighted by molar-refractivity contribution is -0.392. The SMILES string of the molecule is O=S(=O)(c1ccc(F)cc1)C1(c2ccc(C(OCc3c(F)cccc3F)(C(F)(F)F)C(F)(F)F)cc2)CCN(C(O)N2CCCC(CO)C2)C1. The van der Waals surface area contributed by atoms with Crippen LogP contribution in [-0.4, -0.2) is 79.9 Å². The highest BCUT2D eigenvalue weighted by Gasteiger charge is 2.73. The number of likely N-dealkylation sites (tertiary alicyclic amines) is 2. The number of ether oxygens (including phenoxy) is 1. The molecule has 7 nitrogen and oxygen atoms in total. The van der Waals surface area contributed by atoms with Crippen molar-refractivity contribution in [2.75, 3.05) is 32.8 Å². The smallest absolute Gasteiger partial charge is 0.396 e. The molecule has 2 fully saturated rings. The third kappa shape index (κ3) is 6.75. The maximum Gasteiger partial charge on any atom is 0.430 e. The Labute approximate surface area is 281 Å². The zero-order valence-corrected chi connectivity index (χ0v) is 27.0. The van der Waals surface area contributed by atoms with Crippen molar-refractivity contribution in [3.8, 4) is 0 Å². The Kier molecular flexibility index (Phi) is 10.7. The van der Waals surface area contributed by atoms with Crippen molar-refractivity contribution in [2.24, 2.45) is 5.92 Å². The first-order valence-corrected chi connectivity index (χ1v) is 16.9. The van der Waals surface area contributed by atoms with Crippen molar-refractivity contribution < 1.29 is 62.9 Å². The first kappa shape index (κ1) is 38.0. The van der Waals surface area contributed by atoms with Crippen LogP contribution in [-0.2, 0) is 31.5 Å². The van der Waals surface area contributed by atoms with Crippen LogP contribution in [0, 0.1) is 23.4 Å². The molecule has 0 bridgehead atoms. The molecule has 2 aliphatic heterocycles. The van der Waals surface area contributed by atoms with Gasteiger partial charge in [-0.05, 0) is 67.1 Å². The van der Waals surface area contributed by atoms with Crippen molar-refractivity contribution in [2.45, 2.75) is 59.8 Å². The van der Waals surface area contributed by atoms with Gasteiger partial charge in [-0.2, -0.15) is 26.3 Å². The molecule has 3 atom stereocenters. The zero-order valence-electron chi connectivity index (χ0n) is 26.2. The molecule has 2 N–H and O–H groups in total. The lowest BCUT2D eigenvalue weighted by Crippen LogP contribution is -2.56. The summed E-state index contributed by atoms with van der Waals surface area (Å²) in [6.45, 7) is -1.74. The molecule has 3 unspecified atom stereocenters. The number of nitrogens with zero attached hydrogens (tertiary/aromatic N) is 2. The van der Waals surface area contributed by atoms with Crippen LogP contribution in [0.25, 0.3) is 0 Å². The molecular formula is C33H33F9N2O5S. The van der Waals surface area contributed by atoms with Gasteiger partial charge >= 0.3 is 12.4 Å². The van der Waals surface area contributed by atoms with Gasteiger partial charge in [0.1, 0.15) is 22.2 Å². The van der Waals surface area contributed by atoms with Gasteiger partial charge in [0.05, 0.1) is 11.5 Å². The summed E-state index contributed by atoms with van der Waals surface area (Å²) in [5.41, 5.74) is -8.03. The highest BCUT2D eigenvalue weighted by Crippen LogP contribution is 2.54. The minimum Gasteiger partial charge on any atom is -0.396 e. The molecule has 5 rings (SSSR count). The van der Waals surface area contributed by atoms with Gasteiger partial charge in [-0.25, -0.2) is 21.6 Å². The molecule has 0 amide bonds. The summed E-state index contributed by atoms with van der Waals surface area (Å²) in [4.78, 5) is 2.65. The molecule has 0 radical (unpaired) electrons. The predicted octanol–water partition coefficient (Wildman–Crippen LogP) is 6.00. The van der Waals surface area contributed by atoms with E-state index in [1.807, 2.05) is 0 Å². The van der Waals surface area contributed by atoms with E-state index >= 15 is 0 Å². The topological polar surface area (TPSA) is 90.3 Å². The Balaban J connectivity index is 1.58. The first-order chi connectivity index (χ1) is 23.4. The molecule has 0 saturated carbocycles. The predicted molar refractivity (Wildman–Crippen MR) is 160 cm³/mol. The number of aliphatic hydroxyl groups is 2. The van der Waals surface area contributed by atoms with E-state index in [4.69, 9.17) is 0 Å². The fourth-order valence-electron chi connectivity index (χ4n) is 6.74. The van der Waals surface area contributed by atoms with Crippen LogP contribution in [0.4, 0.5) is 39.5 Å².